The van der Waals surface area contributed by atoms with E-state index in [4.69, 9.17) is 0 Å². The standard InChI is InChI=1S/C20H21N/c1-14-8-10-19-17(12-14)18-13-15(2)9-11-20(18)21(19)16-6-4-3-5-7-16/h3-12,15,17,19H,13H2,1-2H3. The molecule has 21 heavy (non-hydrogen) atoms. The number of hydrogen-bond donors (Lipinski definition) is 0. The number of nitrogens with zero attached hydrogens (tertiary/aromatic N) is 1. The highest BCUT2D eigenvalue weighted by atomic mass is 15.2. The van der Waals surface area contributed by atoms with Crippen molar-refractivity contribution in [3.63, 3.8) is 0 Å². The molecule has 1 heterocycles. The summed E-state index contributed by atoms with van der Waals surface area (Å²) in [5.41, 5.74) is 5.72. The predicted octanol–water partition coefficient (Wildman–Crippen LogP) is 4.86. The third kappa shape index (κ3) is 1.99. The summed E-state index contributed by atoms with van der Waals surface area (Å²) in [6.45, 7) is 4.52. The molecule has 106 valence electrons. The van der Waals surface area contributed by atoms with Crippen molar-refractivity contribution in [1.29, 1.82) is 0 Å². The number of rotatable bonds is 1. The van der Waals surface area contributed by atoms with Crippen molar-refractivity contribution in [1.82, 2.24) is 0 Å². The zero-order valence-corrected chi connectivity index (χ0v) is 12.7. The molecule has 0 amide bonds. The summed E-state index contributed by atoms with van der Waals surface area (Å²) in [5.74, 6) is 1.19. The average Bonchev–Trinajstić information content (AvgIpc) is 2.81. The van der Waals surface area contributed by atoms with Gasteiger partial charge in [0.15, 0.2) is 0 Å². The summed E-state index contributed by atoms with van der Waals surface area (Å²) >= 11 is 0. The minimum absolute atomic E-state index is 0.441. The monoisotopic (exact) mass is 275 g/mol. The highest BCUT2D eigenvalue weighted by Gasteiger charge is 2.40. The fraction of sp³-hybridized carbons (Fsp3) is 0.300. The maximum atomic E-state index is 2.52. The molecule has 1 heteroatoms. The minimum Gasteiger partial charge on any atom is -0.334 e. The van der Waals surface area contributed by atoms with Gasteiger partial charge in [-0.15, -0.1) is 0 Å². The number of benzene rings is 1. The second-order valence-corrected chi connectivity index (χ2v) is 6.44. The van der Waals surface area contributed by atoms with Crippen LogP contribution in [0.5, 0.6) is 0 Å². The molecule has 4 rings (SSSR count). The molecule has 0 radical (unpaired) electrons. The lowest BCUT2D eigenvalue weighted by Crippen LogP contribution is -2.32. The van der Waals surface area contributed by atoms with E-state index >= 15 is 0 Å². The zero-order chi connectivity index (χ0) is 14.4. The second kappa shape index (κ2) is 4.77. The zero-order valence-electron chi connectivity index (χ0n) is 12.7. The van der Waals surface area contributed by atoms with Gasteiger partial charge in [0.1, 0.15) is 0 Å². The Labute approximate surface area is 127 Å². The van der Waals surface area contributed by atoms with Gasteiger partial charge < -0.3 is 4.90 Å². The summed E-state index contributed by atoms with van der Waals surface area (Å²) in [6.07, 6.45) is 13.0. The van der Waals surface area contributed by atoms with Crippen molar-refractivity contribution in [3.05, 3.63) is 77.6 Å². The molecule has 1 nitrogen and oxygen atoms in total. The third-order valence-electron chi connectivity index (χ3n) is 4.81. The first-order valence-corrected chi connectivity index (χ1v) is 7.86. The predicted molar refractivity (Wildman–Crippen MR) is 89.0 cm³/mol. The molecule has 3 aliphatic rings. The molecule has 0 N–H and O–H groups in total. The van der Waals surface area contributed by atoms with E-state index in [1.54, 1.807) is 5.57 Å². The molecule has 1 aliphatic heterocycles. The maximum absolute atomic E-state index is 2.52. The van der Waals surface area contributed by atoms with E-state index in [0.29, 0.717) is 17.9 Å². The topological polar surface area (TPSA) is 3.24 Å². The van der Waals surface area contributed by atoms with Gasteiger partial charge >= 0.3 is 0 Å². The lowest BCUT2D eigenvalue weighted by atomic mass is 9.82. The molecule has 0 spiro atoms. The van der Waals surface area contributed by atoms with Gasteiger partial charge in [0.25, 0.3) is 0 Å². The van der Waals surface area contributed by atoms with Crippen LogP contribution in [0.15, 0.2) is 77.6 Å². The highest BCUT2D eigenvalue weighted by Crippen LogP contribution is 2.46. The van der Waals surface area contributed by atoms with Crippen LogP contribution >= 0.6 is 0 Å². The molecule has 2 aliphatic carbocycles. The molecule has 3 atom stereocenters. The lowest BCUT2D eigenvalue weighted by molar-refractivity contribution is 0.613. The van der Waals surface area contributed by atoms with Gasteiger partial charge in [-0.05, 0) is 43.0 Å². The van der Waals surface area contributed by atoms with Crippen LogP contribution in [-0.4, -0.2) is 6.04 Å². The summed E-state index contributed by atoms with van der Waals surface area (Å²) < 4.78 is 0. The molecule has 0 bridgehead atoms. The molecule has 0 saturated heterocycles. The van der Waals surface area contributed by atoms with Gasteiger partial charge in [0.2, 0.25) is 0 Å². The number of hydrogen-bond acceptors (Lipinski definition) is 1. The minimum atomic E-state index is 0.441. The fourth-order valence-electron chi connectivity index (χ4n) is 3.85. The quantitative estimate of drug-likeness (QED) is 0.707. The van der Waals surface area contributed by atoms with Crippen LogP contribution in [0.4, 0.5) is 5.69 Å². The van der Waals surface area contributed by atoms with Crippen molar-refractivity contribution in [2.45, 2.75) is 26.3 Å². The largest absolute Gasteiger partial charge is 0.334 e. The number of fused-ring (bicyclic) bond motifs is 2. The van der Waals surface area contributed by atoms with E-state index in [9.17, 15) is 0 Å². The lowest BCUT2D eigenvalue weighted by Gasteiger charge is -2.30. The van der Waals surface area contributed by atoms with Gasteiger partial charge in [-0.2, -0.15) is 0 Å². The Morgan fingerprint density at radius 3 is 2.67 bits per heavy atom. The number of para-hydroxylation sites is 1. The van der Waals surface area contributed by atoms with Crippen molar-refractivity contribution < 1.29 is 0 Å². The molecule has 1 aromatic carbocycles. The van der Waals surface area contributed by atoms with Crippen molar-refractivity contribution >= 4 is 5.69 Å². The fourth-order valence-corrected chi connectivity index (χ4v) is 3.85. The summed E-state index contributed by atoms with van der Waals surface area (Å²) in [6, 6.07) is 11.2. The van der Waals surface area contributed by atoms with Crippen molar-refractivity contribution in [2.24, 2.45) is 11.8 Å². The Hall–Kier alpha value is -2.02. The van der Waals surface area contributed by atoms with Crippen LogP contribution in [-0.2, 0) is 0 Å². The number of allylic oxidation sites excluding steroid dienone is 4. The van der Waals surface area contributed by atoms with E-state index in [0.717, 1.165) is 0 Å². The molecule has 0 fully saturated rings. The van der Waals surface area contributed by atoms with E-state index in [1.165, 1.54) is 23.4 Å². The van der Waals surface area contributed by atoms with Crippen LogP contribution in [0.25, 0.3) is 0 Å². The summed E-state index contributed by atoms with van der Waals surface area (Å²) in [7, 11) is 0. The number of anilines is 1. The van der Waals surface area contributed by atoms with E-state index in [2.05, 4.69) is 79.5 Å². The van der Waals surface area contributed by atoms with Crippen molar-refractivity contribution in [3.8, 4) is 0 Å². The molecule has 0 saturated carbocycles. The molecular formula is C20H21N. The summed E-state index contributed by atoms with van der Waals surface area (Å²) in [4.78, 5) is 2.52. The van der Waals surface area contributed by atoms with Crippen LogP contribution in [0.3, 0.4) is 0 Å². The van der Waals surface area contributed by atoms with Gasteiger partial charge in [-0.1, -0.05) is 55.0 Å². The first-order valence-electron chi connectivity index (χ1n) is 7.86. The normalized spacial score (nSPS) is 30.3. The Balaban J connectivity index is 1.84. The van der Waals surface area contributed by atoms with E-state index < -0.39 is 0 Å². The Kier molecular flexibility index (Phi) is 2.88. The molecular weight excluding hydrogens is 254 g/mol. The van der Waals surface area contributed by atoms with Gasteiger partial charge in [0, 0.05) is 17.3 Å². The molecule has 0 aromatic heterocycles. The van der Waals surface area contributed by atoms with Crippen molar-refractivity contribution in [2.75, 3.05) is 4.90 Å². The first kappa shape index (κ1) is 12.7. The van der Waals surface area contributed by atoms with Gasteiger partial charge in [-0.3, -0.25) is 0 Å². The van der Waals surface area contributed by atoms with E-state index in [1.807, 2.05) is 0 Å². The smallest absolute Gasteiger partial charge is 0.0626 e. The Bertz CT molecular complexity index is 675. The van der Waals surface area contributed by atoms with Crippen LogP contribution < -0.4 is 4.90 Å². The van der Waals surface area contributed by atoms with E-state index in [-0.39, 0.29) is 0 Å². The van der Waals surface area contributed by atoms with Gasteiger partial charge in [-0.25, -0.2) is 0 Å². The van der Waals surface area contributed by atoms with Crippen LogP contribution in [0.2, 0.25) is 0 Å². The Morgan fingerprint density at radius 1 is 1.05 bits per heavy atom. The SMILES string of the molecule is CC1=CC2C3=C(C=CC(C)C3)N(c3ccccc3)C2C=C1. The van der Waals surface area contributed by atoms with Crippen LogP contribution in [0.1, 0.15) is 20.3 Å². The highest BCUT2D eigenvalue weighted by molar-refractivity contribution is 5.64. The second-order valence-electron chi connectivity index (χ2n) is 6.44. The maximum Gasteiger partial charge on any atom is 0.0626 e. The average molecular weight is 275 g/mol. The van der Waals surface area contributed by atoms with Crippen LogP contribution in [0, 0.1) is 11.8 Å². The summed E-state index contributed by atoms with van der Waals surface area (Å²) in [5, 5.41) is 0. The molecule has 1 aromatic rings. The Morgan fingerprint density at radius 2 is 1.86 bits per heavy atom. The van der Waals surface area contributed by atoms with Gasteiger partial charge in [0.05, 0.1) is 6.04 Å². The third-order valence-corrected chi connectivity index (χ3v) is 4.81. The first-order chi connectivity index (χ1) is 10.2. The molecule has 3 unspecified atom stereocenters.